The second kappa shape index (κ2) is 7.54. The molecule has 0 aliphatic heterocycles. The summed E-state index contributed by atoms with van der Waals surface area (Å²) < 4.78 is 0. The molecule has 6 nitrogen and oxygen atoms in total. The van der Waals surface area contributed by atoms with Gasteiger partial charge in [0.1, 0.15) is 46.1 Å². The molecule has 0 aliphatic carbocycles. The molecule has 0 radical (unpaired) electrons. The summed E-state index contributed by atoms with van der Waals surface area (Å²) in [4.78, 5) is 8.39. The number of benzene rings is 2. The molecule has 0 amide bonds. The zero-order valence-corrected chi connectivity index (χ0v) is 15.9. The summed E-state index contributed by atoms with van der Waals surface area (Å²) in [6.45, 7) is 4.09. The SMILES string of the molecule is C=C(Cc1ccc2ccc(C#N)nc2c1O)Cc1ccc2ccc(C#N)nc2c1O. The van der Waals surface area contributed by atoms with Crippen molar-refractivity contribution in [1.82, 2.24) is 9.97 Å². The Morgan fingerprint density at radius 3 is 1.53 bits per heavy atom. The Hall–Kier alpha value is -4.42. The summed E-state index contributed by atoms with van der Waals surface area (Å²) in [5.41, 5.74) is 3.27. The van der Waals surface area contributed by atoms with Gasteiger partial charge in [-0.1, -0.05) is 36.4 Å². The van der Waals surface area contributed by atoms with Crippen molar-refractivity contribution in [1.29, 1.82) is 10.5 Å². The molecular weight excluding hydrogens is 376 g/mol. The van der Waals surface area contributed by atoms with Crippen LogP contribution >= 0.6 is 0 Å². The van der Waals surface area contributed by atoms with Crippen LogP contribution in [0.4, 0.5) is 0 Å². The molecule has 0 saturated heterocycles. The first-order valence-electron chi connectivity index (χ1n) is 9.20. The van der Waals surface area contributed by atoms with Crippen molar-refractivity contribution in [3.63, 3.8) is 0 Å². The minimum absolute atomic E-state index is 0.0220. The van der Waals surface area contributed by atoms with Crippen LogP contribution in [0.2, 0.25) is 0 Å². The lowest BCUT2D eigenvalue weighted by molar-refractivity contribution is 0.473. The summed E-state index contributed by atoms with van der Waals surface area (Å²) in [5.74, 6) is 0.0441. The highest BCUT2D eigenvalue weighted by molar-refractivity contribution is 5.87. The third-order valence-electron chi connectivity index (χ3n) is 4.95. The first kappa shape index (κ1) is 18.9. The largest absolute Gasteiger partial charge is 0.505 e. The molecule has 4 rings (SSSR count). The quantitative estimate of drug-likeness (QED) is 0.501. The number of pyridine rings is 2. The maximum absolute atomic E-state index is 10.6. The number of phenolic OH excluding ortho intramolecular Hbond substituents is 2. The monoisotopic (exact) mass is 392 g/mol. The second-order valence-corrected chi connectivity index (χ2v) is 7.01. The van der Waals surface area contributed by atoms with Gasteiger partial charge >= 0.3 is 0 Å². The Morgan fingerprint density at radius 1 is 0.733 bits per heavy atom. The van der Waals surface area contributed by atoms with Gasteiger partial charge in [0.2, 0.25) is 0 Å². The van der Waals surface area contributed by atoms with Gasteiger partial charge in [0, 0.05) is 21.9 Å². The number of aromatic nitrogens is 2. The van der Waals surface area contributed by atoms with Crippen LogP contribution in [0.15, 0.2) is 60.7 Å². The zero-order chi connectivity index (χ0) is 21.3. The van der Waals surface area contributed by atoms with E-state index in [1.807, 2.05) is 24.3 Å². The smallest absolute Gasteiger partial charge is 0.145 e. The van der Waals surface area contributed by atoms with Crippen LogP contribution in [0.1, 0.15) is 22.5 Å². The topological polar surface area (TPSA) is 114 Å². The predicted molar refractivity (Wildman–Crippen MR) is 113 cm³/mol. The van der Waals surface area contributed by atoms with Gasteiger partial charge in [-0.2, -0.15) is 10.5 Å². The Labute approximate surface area is 172 Å². The molecule has 2 N–H and O–H groups in total. The number of nitrogens with zero attached hydrogens (tertiary/aromatic N) is 4. The van der Waals surface area contributed by atoms with E-state index in [9.17, 15) is 10.2 Å². The molecule has 2 aromatic heterocycles. The molecule has 0 atom stereocenters. The number of hydrogen-bond acceptors (Lipinski definition) is 6. The Bertz CT molecular complexity index is 1300. The third kappa shape index (κ3) is 3.39. The van der Waals surface area contributed by atoms with Crippen molar-refractivity contribution in [3.05, 3.63) is 83.2 Å². The highest BCUT2D eigenvalue weighted by atomic mass is 16.3. The summed E-state index contributed by atoms with van der Waals surface area (Å²) in [5, 5.41) is 40.8. The van der Waals surface area contributed by atoms with Crippen LogP contribution in [0.5, 0.6) is 11.5 Å². The van der Waals surface area contributed by atoms with Crippen molar-refractivity contribution in [2.45, 2.75) is 12.8 Å². The molecule has 6 heteroatoms. The number of aromatic hydroxyl groups is 2. The van der Waals surface area contributed by atoms with E-state index in [2.05, 4.69) is 16.5 Å². The molecule has 0 unspecified atom stereocenters. The first-order valence-corrected chi connectivity index (χ1v) is 9.20. The van der Waals surface area contributed by atoms with E-state index < -0.39 is 0 Å². The van der Waals surface area contributed by atoms with E-state index in [0.29, 0.717) is 35.0 Å². The van der Waals surface area contributed by atoms with Crippen LogP contribution in [-0.2, 0) is 12.8 Å². The highest BCUT2D eigenvalue weighted by Crippen LogP contribution is 2.32. The fourth-order valence-electron chi connectivity index (χ4n) is 3.44. The third-order valence-corrected chi connectivity index (χ3v) is 4.95. The van der Waals surface area contributed by atoms with Crippen molar-refractivity contribution < 1.29 is 10.2 Å². The lowest BCUT2D eigenvalue weighted by Gasteiger charge is -2.12. The number of hydrogen-bond donors (Lipinski definition) is 2. The Kier molecular flexibility index (Phi) is 4.75. The van der Waals surface area contributed by atoms with Crippen LogP contribution in [0.25, 0.3) is 21.8 Å². The normalized spacial score (nSPS) is 10.6. The molecule has 2 aromatic carbocycles. The molecule has 4 aromatic rings. The van der Waals surface area contributed by atoms with Gasteiger partial charge in [-0.05, 0) is 37.1 Å². The van der Waals surface area contributed by atoms with Gasteiger partial charge in [-0.15, -0.1) is 0 Å². The van der Waals surface area contributed by atoms with E-state index >= 15 is 0 Å². The van der Waals surface area contributed by atoms with Crippen molar-refractivity contribution in [2.75, 3.05) is 0 Å². The molecule has 144 valence electrons. The number of phenols is 2. The van der Waals surface area contributed by atoms with Gasteiger partial charge in [0.25, 0.3) is 0 Å². The van der Waals surface area contributed by atoms with Gasteiger partial charge in [-0.3, -0.25) is 0 Å². The van der Waals surface area contributed by atoms with E-state index in [-0.39, 0.29) is 22.9 Å². The molecule has 2 heterocycles. The van der Waals surface area contributed by atoms with Crippen LogP contribution in [-0.4, -0.2) is 20.2 Å². The maximum atomic E-state index is 10.6. The van der Waals surface area contributed by atoms with Crippen LogP contribution < -0.4 is 0 Å². The fraction of sp³-hybridized carbons (Fsp3) is 0.0833. The maximum Gasteiger partial charge on any atom is 0.145 e. The van der Waals surface area contributed by atoms with E-state index in [0.717, 1.165) is 16.3 Å². The number of fused-ring (bicyclic) bond motifs is 2. The standard InChI is InChI=1S/C24H16N4O2/c1-14(10-17-4-2-15-6-8-19(12-25)27-21(15)23(17)29)11-18-5-3-16-7-9-20(13-26)28-22(16)24(18)30/h2-9,29-30H,1,10-11H2. The Morgan fingerprint density at radius 2 is 1.13 bits per heavy atom. The van der Waals surface area contributed by atoms with E-state index in [1.165, 1.54) is 0 Å². The van der Waals surface area contributed by atoms with Crippen LogP contribution in [0, 0.1) is 22.7 Å². The van der Waals surface area contributed by atoms with Crippen molar-refractivity contribution in [3.8, 4) is 23.6 Å². The van der Waals surface area contributed by atoms with Crippen LogP contribution in [0.3, 0.4) is 0 Å². The van der Waals surface area contributed by atoms with Gasteiger partial charge < -0.3 is 10.2 Å². The Balaban J connectivity index is 1.62. The average molecular weight is 392 g/mol. The lowest BCUT2D eigenvalue weighted by Crippen LogP contribution is -1.97. The molecule has 0 saturated carbocycles. The number of nitriles is 2. The van der Waals surface area contributed by atoms with Gasteiger partial charge in [0.15, 0.2) is 0 Å². The number of rotatable bonds is 4. The van der Waals surface area contributed by atoms with Crippen molar-refractivity contribution >= 4 is 21.8 Å². The highest BCUT2D eigenvalue weighted by Gasteiger charge is 2.13. The molecule has 30 heavy (non-hydrogen) atoms. The zero-order valence-electron chi connectivity index (χ0n) is 15.9. The minimum atomic E-state index is 0.0220. The average Bonchev–Trinajstić information content (AvgIpc) is 2.77. The first-order chi connectivity index (χ1) is 14.5. The summed E-state index contributed by atoms with van der Waals surface area (Å²) >= 11 is 0. The summed E-state index contributed by atoms with van der Waals surface area (Å²) in [6, 6.07) is 17.9. The molecule has 0 aliphatic rings. The number of allylic oxidation sites excluding steroid dienone is 1. The molecule has 0 bridgehead atoms. The van der Waals surface area contributed by atoms with Crippen molar-refractivity contribution in [2.24, 2.45) is 0 Å². The van der Waals surface area contributed by atoms with E-state index in [1.54, 1.807) is 36.4 Å². The summed E-state index contributed by atoms with van der Waals surface area (Å²) in [7, 11) is 0. The molecule has 0 fully saturated rings. The van der Waals surface area contributed by atoms with E-state index in [4.69, 9.17) is 10.5 Å². The second-order valence-electron chi connectivity index (χ2n) is 7.01. The summed E-state index contributed by atoms with van der Waals surface area (Å²) in [6.07, 6.45) is 0.757. The predicted octanol–water partition coefficient (Wildman–Crippen LogP) is 4.28. The van der Waals surface area contributed by atoms with Gasteiger partial charge in [0.05, 0.1) is 0 Å². The van der Waals surface area contributed by atoms with Gasteiger partial charge in [-0.25, -0.2) is 9.97 Å². The molecular formula is C24H16N4O2. The lowest BCUT2D eigenvalue weighted by atomic mass is 9.96. The molecule has 0 spiro atoms. The fourth-order valence-corrected chi connectivity index (χ4v) is 3.44. The minimum Gasteiger partial charge on any atom is -0.505 e.